The second kappa shape index (κ2) is 6.60. The molecule has 0 aromatic carbocycles. The molecule has 4 nitrogen and oxygen atoms in total. The van der Waals surface area contributed by atoms with E-state index in [9.17, 15) is 9.59 Å². The second-order valence-corrected chi connectivity index (χ2v) is 3.04. The number of hydrogen-bond donors (Lipinski definition) is 2. The highest BCUT2D eigenvalue weighted by atomic mass is 16.4. The summed E-state index contributed by atoms with van der Waals surface area (Å²) in [5.74, 6) is -2.11. The minimum Gasteiger partial charge on any atom is -0.481 e. The Morgan fingerprint density at radius 2 is 2.08 bits per heavy atom. The highest BCUT2D eigenvalue weighted by Crippen LogP contribution is 2.11. The largest absolute Gasteiger partial charge is 0.481 e. The minimum atomic E-state index is -1.02. The average Bonchev–Trinajstić information content (AvgIpc) is 2.05. The highest BCUT2D eigenvalue weighted by Gasteiger charge is 2.24. The molecule has 0 heterocycles. The van der Waals surface area contributed by atoms with E-state index < -0.39 is 11.9 Å². The molecule has 76 valence electrons. The molecule has 0 saturated heterocycles. The Morgan fingerprint density at radius 1 is 1.46 bits per heavy atom. The first-order valence-corrected chi connectivity index (χ1v) is 4.59. The predicted octanol–water partition coefficient (Wildman–Crippen LogP) is 0.795. The molecule has 4 heteroatoms. The summed E-state index contributed by atoms with van der Waals surface area (Å²) >= 11 is 0. The zero-order valence-electron chi connectivity index (χ0n) is 7.95. The third-order valence-electron chi connectivity index (χ3n) is 1.92. The van der Waals surface area contributed by atoms with Crippen molar-refractivity contribution in [1.82, 2.24) is 0 Å². The van der Waals surface area contributed by atoms with Crippen molar-refractivity contribution in [2.75, 3.05) is 6.54 Å². The van der Waals surface area contributed by atoms with Gasteiger partial charge in [0.15, 0.2) is 0 Å². The van der Waals surface area contributed by atoms with Gasteiger partial charge in [-0.05, 0) is 13.0 Å². The number of aliphatic carboxylic acids is 1. The number of unbranched alkanes of at least 4 members (excludes halogenated alkanes) is 1. The van der Waals surface area contributed by atoms with E-state index in [4.69, 9.17) is 10.8 Å². The molecule has 0 aliphatic rings. The quantitative estimate of drug-likeness (QED) is 0.577. The molecule has 0 radical (unpaired) electrons. The Morgan fingerprint density at radius 3 is 2.46 bits per heavy atom. The first-order valence-electron chi connectivity index (χ1n) is 4.59. The molecule has 0 aromatic heterocycles. The van der Waals surface area contributed by atoms with E-state index in [-0.39, 0.29) is 18.7 Å². The van der Waals surface area contributed by atoms with Gasteiger partial charge in [0.05, 0.1) is 0 Å². The number of carbonyl (C=O) groups is 2. The minimum absolute atomic E-state index is 0.167. The molecule has 0 spiro atoms. The van der Waals surface area contributed by atoms with Crippen molar-refractivity contribution in [2.24, 2.45) is 11.7 Å². The van der Waals surface area contributed by atoms with Crippen LogP contribution in [0, 0.1) is 5.92 Å². The first-order chi connectivity index (χ1) is 6.13. The highest BCUT2D eigenvalue weighted by molar-refractivity contribution is 5.98. The number of carboxylic acid groups (broad SMARTS) is 1. The molecule has 1 atom stereocenters. The zero-order valence-corrected chi connectivity index (χ0v) is 7.95. The molecule has 0 aliphatic carbocycles. The summed E-state index contributed by atoms with van der Waals surface area (Å²) in [5, 5.41) is 8.74. The summed E-state index contributed by atoms with van der Waals surface area (Å²) in [7, 11) is 0. The maximum Gasteiger partial charge on any atom is 0.314 e. The van der Waals surface area contributed by atoms with Gasteiger partial charge in [0.25, 0.3) is 0 Å². The van der Waals surface area contributed by atoms with Crippen molar-refractivity contribution < 1.29 is 14.7 Å². The SMILES string of the molecule is CCCC[C@H](C(=O)O)C(=O)CCN. The lowest BCUT2D eigenvalue weighted by Crippen LogP contribution is -2.25. The van der Waals surface area contributed by atoms with Crippen molar-refractivity contribution in [2.45, 2.75) is 32.6 Å². The van der Waals surface area contributed by atoms with Crippen LogP contribution in [0.5, 0.6) is 0 Å². The average molecular weight is 187 g/mol. The van der Waals surface area contributed by atoms with Gasteiger partial charge in [-0.15, -0.1) is 0 Å². The number of nitrogens with two attached hydrogens (primary N) is 1. The van der Waals surface area contributed by atoms with E-state index in [0.717, 1.165) is 12.8 Å². The van der Waals surface area contributed by atoms with Gasteiger partial charge in [-0.1, -0.05) is 19.8 Å². The van der Waals surface area contributed by atoms with Gasteiger partial charge in [0, 0.05) is 6.42 Å². The smallest absolute Gasteiger partial charge is 0.314 e. The van der Waals surface area contributed by atoms with Crippen molar-refractivity contribution in [3.63, 3.8) is 0 Å². The van der Waals surface area contributed by atoms with Crippen LogP contribution in [-0.2, 0) is 9.59 Å². The molecule has 0 aliphatic heterocycles. The maximum absolute atomic E-state index is 11.2. The van der Waals surface area contributed by atoms with Crippen LogP contribution in [0.1, 0.15) is 32.6 Å². The van der Waals surface area contributed by atoms with Gasteiger partial charge >= 0.3 is 5.97 Å². The third-order valence-corrected chi connectivity index (χ3v) is 1.92. The first kappa shape index (κ1) is 12.1. The van der Waals surface area contributed by atoms with Crippen LogP contribution in [0.4, 0.5) is 0 Å². The van der Waals surface area contributed by atoms with Crippen molar-refractivity contribution in [3.05, 3.63) is 0 Å². The number of carboxylic acids is 1. The van der Waals surface area contributed by atoms with Crippen LogP contribution < -0.4 is 5.73 Å². The Kier molecular flexibility index (Phi) is 6.14. The summed E-state index contributed by atoms with van der Waals surface area (Å²) in [6.07, 6.45) is 2.28. The number of Topliss-reactive ketones (excluding diaryl/α,β-unsaturated/α-hetero) is 1. The van der Waals surface area contributed by atoms with Gasteiger partial charge in [-0.25, -0.2) is 0 Å². The molecule has 0 bridgehead atoms. The molecule has 13 heavy (non-hydrogen) atoms. The maximum atomic E-state index is 11.2. The van der Waals surface area contributed by atoms with Crippen molar-refractivity contribution in [1.29, 1.82) is 0 Å². The fourth-order valence-electron chi connectivity index (χ4n) is 1.15. The van der Waals surface area contributed by atoms with Gasteiger partial charge in [0.2, 0.25) is 0 Å². The van der Waals surface area contributed by atoms with E-state index >= 15 is 0 Å². The van der Waals surface area contributed by atoms with Gasteiger partial charge in [-0.3, -0.25) is 9.59 Å². The van der Waals surface area contributed by atoms with E-state index in [0.29, 0.717) is 6.42 Å². The monoisotopic (exact) mass is 187 g/mol. The lowest BCUT2D eigenvalue weighted by molar-refractivity contribution is -0.146. The Bertz CT molecular complexity index is 180. The lowest BCUT2D eigenvalue weighted by atomic mass is 9.96. The Labute approximate surface area is 78.1 Å². The molecular weight excluding hydrogens is 170 g/mol. The van der Waals surface area contributed by atoms with Gasteiger partial charge in [0.1, 0.15) is 11.7 Å². The molecule has 3 N–H and O–H groups in total. The number of ketones is 1. The normalized spacial score (nSPS) is 12.5. The van der Waals surface area contributed by atoms with E-state index in [1.54, 1.807) is 0 Å². The zero-order chi connectivity index (χ0) is 10.3. The Balaban J connectivity index is 4.07. The molecule has 0 unspecified atom stereocenters. The summed E-state index contributed by atoms with van der Waals surface area (Å²) in [4.78, 5) is 21.9. The molecule has 0 fully saturated rings. The number of carbonyl (C=O) groups excluding carboxylic acids is 1. The lowest BCUT2D eigenvalue weighted by Gasteiger charge is -2.09. The fourth-order valence-corrected chi connectivity index (χ4v) is 1.15. The van der Waals surface area contributed by atoms with Crippen LogP contribution in [-0.4, -0.2) is 23.4 Å². The van der Waals surface area contributed by atoms with Crippen molar-refractivity contribution >= 4 is 11.8 Å². The topological polar surface area (TPSA) is 80.4 Å². The van der Waals surface area contributed by atoms with Crippen LogP contribution in [0.2, 0.25) is 0 Å². The molecule has 0 aromatic rings. The molecular formula is C9H17NO3. The van der Waals surface area contributed by atoms with Crippen molar-refractivity contribution in [3.8, 4) is 0 Å². The molecule has 0 rings (SSSR count). The summed E-state index contributed by atoms with van der Waals surface area (Å²) in [6, 6.07) is 0. The molecule has 0 saturated carbocycles. The predicted molar refractivity (Wildman–Crippen MR) is 49.3 cm³/mol. The molecule has 0 amide bonds. The van der Waals surface area contributed by atoms with Crippen LogP contribution in [0.25, 0.3) is 0 Å². The summed E-state index contributed by atoms with van der Waals surface area (Å²) in [6.45, 7) is 2.20. The van der Waals surface area contributed by atoms with Crippen LogP contribution in [0.3, 0.4) is 0 Å². The summed E-state index contributed by atoms with van der Waals surface area (Å²) < 4.78 is 0. The van der Waals surface area contributed by atoms with E-state index in [1.807, 2.05) is 6.92 Å². The fraction of sp³-hybridized carbons (Fsp3) is 0.778. The third kappa shape index (κ3) is 4.62. The standard InChI is InChI=1S/C9H17NO3/c1-2-3-4-7(9(12)13)8(11)5-6-10/h7H,2-6,10H2,1H3,(H,12,13)/t7-/m0/s1. The van der Waals surface area contributed by atoms with E-state index in [1.165, 1.54) is 0 Å². The summed E-state index contributed by atoms with van der Waals surface area (Å²) in [5.41, 5.74) is 5.18. The van der Waals surface area contributed by atoms with Gasteiger partial charge in [-0.2, -0.15) is 0 Å². The number of rotatable bonds is 7. The second-order valence-electron chi connectivity index (χ2n) is 3.04. The van der Waals surface area contributed by atoms with Crippen LogP contribution in [0.15, 0.2) is 0 Å². The Hall–Kier alpha value is -0.900. The van der Waals surface area contributed by atoms with Gasteiger partial charge < -0.3 is 10.8 Å². The van der Waals surface area contributed by atoms with Crippen LogP contribution >= 0.6 is 0 Å². The van der Waals surface area contributed by atoms with E-state index in [2.05, 4.69) is 0 Å². The number of hydrogen-bond acceptors (Lipinski definition) is 3.